The molecule has 88 valence electrons. The quantitative estimate of drug-likeness (QED) is 0.846. The van der Waals surface area contributed by atoms with Crippen LogP contribution in [0.4, 0.5) is 8.78 Å². The number of benzene rings is 1. The number of carbonyl (C=O) groups is 1. The Labute approximate surface area is 90.4 Å². The zero-order valence-electron chi connectivity index (χ0n) is 8.44. The van der Waals surface area contributed by atoms with Crippen LogP contribution in [0.1, 0.15) is 17.3 Å². The molecule has 0 heterocycles. The van der Waals surface area contributed by atoms with E-state index in [0.717, 1.165) is 12.1 Å². The van der Waals surface area contributed by atoms with Crippen LogP contribution in [0, 0.1) is 0 Å². The van der Waals surface area contributed by atoms with Crippen molar-refractivity contribution in [2.45, 2.75) is 13.5 Å². The maximum atomic E-state index is 12.0. The van der Waals surface area contributed by atoms with Crippen LogP contribution in [0.3, 0.4) is 0 Å². The van der Waals surface area contributed by atoms with Crippen LogP contribution in [0.15, 0.2) is 18.2 Å². The first-order chi connectivity index (χ1) is 7.54. The van der Waals surface area contributed by atoms with Crippen LogP contribution in [-0.4, -0.2) is 24.3 Å². The van der Waals surface area contributed by atoms with Crippen LogP contribution in [-0.2, 0) is 0 Å². The van der Waals surface area contributed by atoms with Gasteiger partial charge in [0.15, 0.2) is 11.5 Å². The summed E-state index contributed by atoms with van der Waals surface area (Å²) < 4.78 is 33.2. The van der Waals surface area contributed by atoms with Crippen molar-refractivity contribution < 1.29 is 28.2 Å². The van der Waals surface area contributed by atoms with Crippen LogP contribution >= 0.6 is 0 Å². The Kier molecular flexibility index (Phi) is 4.04. The van der Waals surface area contributed by atoms with Gasteiger partial charge in [0.1, 0.15) is 0 Å². The Morgan fingerprint density at radius 2 is 2.12 bits per heavy atom. The molecule has 0 bridgehead atoms. The second-order valence-corrected chi connectivity index (χ2v) is 2.78. The van der Waals surface area contributed by atoms with Crippen molar-refractivity contribution in [1.82, 2.24) is 0 Å². The molecule has 0 fully saturated rings. The standard InChI is InChI=1S/C10H10F2O4/c1-2-15-8-5-6(9(13)14)3-4-7(8)16-10(11)12/h3-5,10H,2H2,1H3,(H,13,14). The zero-order chi connectivity index (χ0) is 12.1. The summed E-state index contributed by atoms with van der Waals surface area (Å²) >= 11 is 0. The highest BCUT2D eigenvalue weighted by Crippen LogP contribution is 2.29. The van der Waals surface area contributed by atoms with Crippen LogP contribution in [0.25, 0.3) is 0 Å². The number of aromatic carboxylic acids is 1. The van der Waals surface area contributed by atoms with Crippen LogP contribution < -0.4 is 9.47 Å². The van der Waals surface area contributed by atoms with Crippen LogP contribution in [0.5, 0.6) is 11.5 Å². The maximum absolute atomic E-state index is 12.0. The van der Waals surface area contributed by atoms with Gasteiger partial charge in [-0.3, -0.25) is 0 Å². The molecule has 0 unspecified atom stereocenters. The zero-order valence-corrected chi connectivity index (χ0v) is 8.44. The van der Waals surface area contributed by atoms with Crippen molar-refractivity contribution in [2.24, 2.45) is 0 Å². The molecule has 16 heavy (non-hydrogen) atoms. The fourth-order valence-corrected chi connectivity index (χ4v) is 1.10. The Hall–Kier alpha value is -1.85. The Bertz CT molecular complexity index is 379. The summed E-state index contributed by atoms with van der Waals surface area (Å²) in [6.45, 7) is -1.10. The minimum Gasteiger partial charge on any atom is -0.490 e. The van der Waals surface area contributed by atoms with Gasteiger partial charge in [0.05, 0.1) is 12.2 Å². The third-order valence-corrected chi connectivity index (χ3v) is 1.71. The number of halogens is 2. The largest absolute Gasteiger partial charge is 0.490 e. The summed E-state index contributed by atoms with van der Waals surface area (Å²) in [5, 5.41) is 8.71. The summed E-state index contributed by atoms with van der Waals surface area (Å²) in [7, 11) is 0. The molecule has 1 rings (SSSR count). The lowest BCUT2D eigenvalue weighted by molar-refractivity contribution is -0.0514. The normalized spacial score (nSPS) is 10.2. The van der Waals surface area contributed by atoms with Crippen molar-refractivity contribution in [3.05, 3.63) is 23.8 Å². The van der Waals surface area contributed by atoms with Crippen molar-refractivity contribution in [1.29, 1.82) is 0 Å². The van der Waals surface area contributed by atoms with Gasteiger partial charge in [-0.15, -0.1) is 0 Å². The van der Waals surface area contributed by atoms with E-state index in [-0.39, 0.29) is 23.7 Å². The summed E-state index contributed by atoms with van der Waals surface area (Å²) in [6, 6.07) is 3.45. The monoisotopic (exact) mass is 232 g/mol. The second-order valence-electron chi connectivity index (χ2n) is 2.78. The highest BCUT2D eigenvalue weighted by atomic mass is 19.3. The lowest BCUT2D eigenvalue weighted by Gasteiger charge is -2.11. The van der Waals surface area contributed by atoms with Gasteiger partial charge in [-0.25, -0.2) is 4.79 Å². The molecule has 1 aromatic rings. The number of carboxylic acids is 1. The van der Waals surface area contributed by atoms with E-state index in [1.165, 1.54) is 6.07 Å². The van der Waals surface area contributed by atoms with E-state index in [1.54, 1.807) is 6.92 Å². The fourth-order valence-electron chi connectivity index (χ4n) is 1.10. The van der Waals surface area contributed by atoms with Crippen molar-refractivity contribution >= 4 is 5.97 Å². The highest BCUT2D eigenvalue weighted by molar-refractivity contribution is 5.88. The van der Waals surface area contributed by atoms with Gasteiger partial charge in [0.2, 0.25) is 0 Å². The molecule has 6 heteroatoms. The third kappa shape index (κ3) is 3.08. The maximum Gasteiger partial charge on any atom is 0.387 e. The first kappa shape index (κ1) is 12.2. The van der Waals surface area contributed by atoms with Gasteiger partial charge < -0.3 is 14.6 Å². The summed E-state index contributed by atoms with van der Waals surface area (Å²) in [5.41, 5.74) is -0.0509. The SMILES string of the molecule is CCOc1cc(C(=O)O)ccc1OC(F)F. The van der Waals surface area contributed by atoms with E-state index in [1.807, 2.05) is 0 Å². The highest BCUT2D eigenvalue weighted by Gasteiger charge is 2.13. The summed E-state index contributed by atoms with van der Waals surface area (Å²) in [6.07, 6.45) is 0. The second kappa shape index (κ2) is 5.29. The number of carboxylic acid groups (broad SMARTS) is 1. The van der Waals surface area contributed by atoms with E-state index in [0.29, 0.717) is 0 Å². The number of rotatable bonds is 5. The minimum atomic E-state index is -2.98. The number of alkyl halides is 2. The number of hydrogen-bond donors (Lipinski definition) is 1. The molecular formula is C10H10F2O4. The smallest absolute Gasteiger partial charge is 0.387 e. The number of ether oxygens (including phenoxy) is 2. The van der Waals surface area contributed by atoms with E-state index in [9.17, 15) is 13.6 Å². The topological polar surface area (TPSA) is 55.8 Å². The number of hydrogen-bond acceptors (Lipinski definition) is 3. The molecule has 0 saturated carbocycles. The molecule has 1 aromatic carbocycles. The molecule has 0 aliphatic carbocycles. The minimum absolute atomic E-state index is 0.0114. The van der Waals surface area contributed by atoms with E-state index >= 15 is 0 Å². The predicted octanol–water partition coefficient (Wildman–Crippen LogP) is 2.38. The Balaban J connectivity index is 3.03. The van der Waals surface area contributed by atoms with Gasteiger partial charge in [-0.2, -0.15) is 8.78 Å². The van der Waals surface area contributed by atoms with E-state index in [4.69, 9.17) is 9.84 Å². The molecular weight excluding hydrogens is 222 g/mol. The fraction of sp³-hybridized carbons (Fsp3) is 0.300. The molecule has 0 amide bonds. The van der Waals surface area contributed by atoms with Gasteiger partial charge >= 0.3 is 12.6 Å². The summed E-state index contributed by atoms with van der Waals surface area (Å²) in [4.78, 5) is 10.6. The lowest BCUT2D eigenvalue weighted by atomic mass is 10.2. The molecule has 0 aliphatic heterocycles. The van der Waals surface area contributed by atoms with E-state index < -0.39 is 12.6 Å². The predicted molar refractivity (Wildman–Crippen MR) is 51.2 cm³/mol. The van der Waals surface area contributed by atoms with Gasteiger partial charge in [-0.05, 0) is 25.1 Å². The molecule has 0 radical (unpaired) electrons. The molecule has 1 N–H and O–H groups in total. The van der Waals surface area contributed by atoms with Crippen molar-refractivity contribution in [3.63, 3.8) is 0 Å². The van der Waals surface area contributed by atoms with E-state index in [2.05, 4.69) is 4.74 Å². The first-order valence-corrected chi connectivity index (χ1v) is 4.49. The molecule has 0 spiro atoms. The lowest BCUT2D eigenvalue weighted by Crippen LogP contribution is -2.06. The molecule has 0 atom stereocenters. The van der Waals surface area contributed by atoms with Gasteiger partial charge in [0.25, 0.3) is 0 Å². The molecule has 0 saturated heterocycles. The Morgan fingerprint density at radius 3 is 2.62 bits per heavy atom. The third-order valence-electron chi connectivity index (χ3n) is 1.71. The Morgan fingerprint density at radius 1 is 1.44 bits per heavy atom. The molecule has 0 aliphatic rings. The average Bonchev–Trinajstić information content (AvgIpc) is 2.20. The van der Waals surface area contributed by atoms with Crippen molar-refractivity contribution in [2.75, 3.05) is 6.61 Å². The molecule has 4 nitrogen and oxygen atoms in total. The van der Waals surface area contributed by atoms with Crippen LogP contribution in [0.2, 0.25) is 0 Å². The molecule has 0 aromatic heterocycles. The van der Waals surface area contributed by atoms with Gasteiger partial charge in [0, 0.05) is 0 Å². The van der Waals surface area contributed by atoms with Crippen molar-refractivity contribution in [3.8, 4) is 11.5 Å². The first-order valence-electron chi connectivity index (χ1n) is 4.49. The average molecular weight is 232 g/mol. The summed E-state index contributed by atoms with van der Waals surface area (Å²) in [5.74, 6) is -1.35. The van der Waals surface area contributed by atoms with Gasteiger partial charge in [-0.1, -0.05) is 0 Å².